The normalized spacial score (nSPS) is 18.9. The van der Waals surface area contributed by atoms with E-state index >= 15 is 0 Å². The minimum absolute atomic E-state index is 0.128. The second-order valence-corrected chi connectivity index (χ2v) is 8.24. The molecule has 3 aromatic rings. The summed E-state index contributed by atoms with van der Waals surface area (Å²) in [5, 5.41) is 14.6. The summed E-state index contributed by atoms with van der Waals surface area (Å²) in [4.78, 5) is 4.97. The lowest BCUT2D eigenvalue weighted by Crippen LogP contribution is -2.33. The first-order valence-electron chi connectivity index (χ1n) is 9.24. The van der Waals surface area contributed by atoms with Crippen molar-refractivity contribution >= 4 is 33.2 Å². The maximum Gasteiger partial charge on any atom is 0.126 e. The lowest BCUT2D eigenvalue weighted by molar-refractivity contribution is 0.412. The summed E-state index contributed by atoms with van der Waals surface area (Å²) in [6.45, 7) is 0. The molecule has 3 aromatic carbocycles. The summed E-state index contributed by atoms with van der Waals surface area (Å²) in [5.41, 5.74) is 3.80. The van der Waals surface area contributed by atoms with Crippen molar-refractivity contribution in [1.82, 2.24) is 5.32 Å². The summed E-state index contributed by atoms with van der Waals surface area (Å²) in [5.74, 6) is 1.02. The molecule has 1 heterocycles. The minimum Gasteiger partial charge on any atom is -0.508 e. The number of aromatic hydroxyl groups is 1. The molecule has 1 aliphatic rings. The molecule has 0 saturated heterocycles. The van der Waals surface area contributed by atoms with E-state index in [-0.39, 0.29) is 18.0 Å². The summed E-state index contributed by atoms with van der Waals surface area (Å²) in [6, 6.07) is 21.0. The average molecular weight is 472 g/mol. The second-order valence-electron chi connectivity index (χ2n) is 6.88. The van der Waals surface area contributed by atoms with E-state index < -0.39 is 0 Å². The molecular weight excluding hydrogens is 452 g/mol. The maximum absolute atomic E-state index is 10.4. The molecule has 0 spiro atoms. The van der Waals surface area contributed by atoms with E-state index in [1.54, 1.807) is 19.2 Å². The maximum atomic E-state index is 10.4. The Bertz CT molecular complexity index is 1040. The molecule has 0 bridgehead atoms. The van der Waals surface area contributed by atoms with Crippen molar-refractivity contribution in [3.8, 4) is 11.5 Å². The van der Waals surface area contributed by atoms with Gasteiger partial charge in [-0.25, -0.2) is 0 Å². The highest BCUT2D eigenvalue weighted by molar-refractivity contribution is 9.10. The zero-order chi connectivity index (χ0) is 20.4. The lowest BCUT2D eigenvalue weighted by Gasteiger charge is -2.31. The van der Waals surface area contributed by atoms with Crippen LogP contribution in [0.3, 0.4) is 0 Å². The van der Waals surface area contributed by atoms with Crippen LogP contribution in [-0.2, 0) is 0 Å². The SMILES string of the molecule is COc1ccc(C2=N[C@@H](c3ccc(Br)cc3)N[C@@H](c3cc(Cl)ccc3O)C2)cc1. The molecule has 0 fully saturated rings. The van der Waals surface area contributed by atoms with Gasteiger partial charge in [0.2, 0.25) is 0 Å². The summed E-state index contributed by atoms with van der Waals surface area (Å²) >= 11 is 9.69. The minimum atomic E-state index is -0.239. The predicted octanol–water partition coefficient (Wildman–Crippen LogP) is 6.04. The van der Waals surface area contributed by atoms with Gasteiger partial charge in [0.1, 0.15) is 17.7 Å². The highest BCUT2D eigenvalue weighted by Crippen LogP contribution is 2.36. The van der Waals surface area contributed by atoms with Gasteiger partial charge in [0, 0.05) is 33.2 Å². The van der Waals surface area contributed by atoms with Gasteiger partial charge in [-0.1, -0.05) is 39.7 Å². The molecule has 2 atom stereocenters. The summed E-state index contributed by atoms with van der Waals surface area (Å²) < 4.78 is 6.29. The van der Waals surface area contributed by atoms with Crippen LogP contribution in [0.1, 0.15) is 35.3 Å². The Hall–Kier alpha value is -2.34. The standard InChI is InChI=1S/C23H20BrClN2O2/c1-29-18-9-4-14(5-10-18)20-13-21(19-12-17(25)8-11-22(19)28)27-23(26-20)15-2-6-16(24)7-3-15/h2-12,21,23,27-28H,13H2,1H3/t21-,23-/m1/s1. The van der Waals surface area contributed by atoms with E-state index in [0.29, 0.717) is 11.4 Å². The Morgan fingerprint density at radius 3 is 2.48 bits per heavy atom. The number of aliphatic imine (C=N–C) groups is 1. The quantitative estimate of drug-likeness (QED) is 0.488. The van der Waals surface area contributed by atoms with Crippen molar-refractivity contribution in [3.05, 3.63) is 92.9 Å². The zero-order valence-corrected chi connectivity index (χ0v) is 18.1. The van der Waals surface area contributed by atoms with Crippen LogP contribution in [0.2, 0.25) is 5.02 Å². The van der Waals surface area contributed by atoms with Gasteiger partial charge in [0.25, 0.3) is 0 Å². The third-order valence-corrected chi connectivity index (χ3v) is 5.78. The number of methoxy groups -OCH3 is 1. The van der Waals surface area contributed by atoms with Crippen LogP contribution in [0.4, 0.5) is 0 Å². The largest absolute Gasteiger partial charge is 0.508 e. The van der Waals surface area contributed by atoms with Crippen molar-refractivity contribution in [2.45, 2.75) is 18.6 Å². The van der Waals surface area contributed by atoms with Gasteiger partial charge in [0.05, 0.1) is 7.11 Å². The topological polar surface area (TPSA) is 53.8 Å². The molecule has 4 nitrogen and oxygen atoms in total. The third-order valence-electron chi connectivity index (χ3n) is 5.02. The fourth-order valence-corrected chi connectivity index (χ4v) is 3.93. The van der Waals surface area contributed by atoms with Crippen LogP contribution in [0, 0.1) is 0 Å². The van der Waals surface area contributed by atoms with Gasteiger partial charge in [-0.2, -0.15) is 0 Å². The Balaban J connectivity index is 1.75. The van der Waals surface area contributed by atoms with E-state index in [4.69, 9.17) is 21.3 Å². The van der Waals surface area contributed by atoms with Gasteiger partial charge in [-0.05, 0) is 65.7 Å². The van der Waals surface area contributed by atoms with E-state index in [9.17, 15) is 5.11 Å². The third kappa shape index (κ3) is 4.47. The number of nitrogens with zero attached hydrogens (tertiary/aromatic N) is 1. The molecule has 1 aliphatic heterocycles. The summed E-state index contributed by atoms with van der Waals surface area (Å²) in [7, 11) is 1.65. The van der Waals surface area contributed by atoms with Gasteiger partial charge < -0.3 is 9.84 Å². The molecular formula is C23H20BrClN2O2. The molecule has 0 aliphatic carbocycles. The van der Waals surface area contributed by atoms with Crippen molar-refractivity contribution in [2.75, 3.05) is 7.11 Å². The van der Waals surface area contributed by atoms with Gasteiger partial charge in [-0.3, -0.25) is 10.3 Å². The highest BCUT2D eigenvalue weighted by atomic mass is 79.9. The number of benzene rings is 3. The number of hydrogen-bond donors (Lipinski definition) is 2. The molecule has 0 amide bonds. The van der Waals surface area contributed by atoms with Crippen molar-refractivity contribution in [2.24, 2.45) is 4.99 Å². The van der Waals surface area contributed by atoms with Crippen LogP contribution in [-0.4, -0.2) is 17.9 Å². The van der Waals surface area contributed by atoms with Crippen LogP contribution >= 0.6 is 27.5 Å². The fourth-order valence-electron chi connectivity index (χ4n) is 3.48. The first kappa shape index (κ1) is 20.0. The monoisotopic (exact) mass is 470 g/mol. The van der Waals surface area contributed by atoms with E-state index in [1.807, 2.05) is 54.6 Å². The molecule has 0 unspecified atom stereocenters. The first-order chi connectivity index (χ1) is 14.0. The molecule has 0 radical (unpaired) electrons. The molecule has 148 valence electrons. The number of hydrogen-bond acceptors (Lipinski definition) is 4. The molecule has 4 rings (SSSR count). The van der Waals surface area contributed by atoms with Gasteiger partial charge in [-0.15, -0.1) is 0 Å². The Morgan fingerprint density at radius 1 is 1.07 bits per heavy atom. The van der Waals surface area contributed by atoms with Crippen molar-refractivity contribution in [3.63, 3.8) is 0 Å². The molecule has 0 saturated carbocycles. The van der Waals surface area contributed by atoms with E-state index in [0.717, 1.165) is 32.6 Å². The predicted molar refractivity (Wildman–Crippen MR) is 120 cm³/mol. The van der Waals surface area contributed by atoms with Crippen molar-refractivity contribution in [1.29, 1.82) is 0 Å². The van der Waals surface area contributed by atoms with Crippen molar-refractivity contribution < 1.29 is 9.84 Å². The van der Waals surface area contributed by atoms with Crippen LogP contribution in [0.25, 0.3) is 0 Å². The van der Waals surface area contributed by atoms with E-state index in [2.05, 4.69) is 21.2 Å². The molecule has 29 heavy (non-hydrogen) atoms. The summed E-state index contributed by atoms with van der Waals surface area (Å²) in [6.07, 6.45) is 0.394. The van der Waals surface area contributed by atoms with Gasteiger partial charge >= 0.3 is 0 Å². The smallest absolute Gasteiger partial charge is 0.126 e. The molecule has 0 aromatic heterocycles. The number of phenolic OH excluding ortho intramolecular Hbond substituents is 1. The number of nitrogens with one attached hydrogen (secondary N) is 1. The van der Waals surface area contributed by atoms with Crippen LogP contribution in [0.15, 0.2) is 76.2 Å². The number of phenols is 1. The Labute approximate surface area is 183 Å². The number of halogens is 2. The fraction of sp³-hybridized carbons (Fsp3) is 0.174. The second kappa shape index (κ2) is 8.57. The highest BCUT2D eigenvalue weighted by Gasteiger charge is 2.27. The average Bonchev–Trinajstić information content (AvgIpc) is 2.75. The van der Waals surface area contributed by atoms with E-state index in [1.165, 1.54) is 0 Å². The number of ether oxygens (including phenoxy) is 1. The first-order valence-corrected chi connectivity index (χ1v) is 10.4. The van der Waals surface area contributed by atoms with Crippen LogP contribution < -0.4 is 10.1 Å². The lowest BCUT2D eigenvalue weighted by atomic mass is 9.93. The number of rotatable bonds is 4. The Kier molecular flexibility index (Phi) is 5.90. The molecule has 6 heteroatoms. The van der Waals surface area contributed by atoms with Gasteiger partial charge in [0.15, 0.2) is 0 Å². The Morgan fingerprint density at radius 2 is 1.79 bits per heavy atom. The molecule has 2 N–H and O–H groups in total. The zero-order valence-electron chi connectivity index (χ0n) is 15.8. The van der Waals surface area contributed by atoms with Crippen LogP contribution in [0.5, 0.6) is 11.5 Å².